The van der Waals surface area contributed by atoms with E-state index in [0.717, 1.165) is 4.90 Å². The molecule has 0 aliphatic carbocycles. The highest BCUT2D eigenvalue weighted by atomic mass is 32.2. The van der Waals surface area contributed by atoms with Gasteiger partial charge < -0.3 is 0 Å². The Balaban J connectivity index is 2.83. The first-order chi connectivity index (χ1) is 3.93. The molecule has 3 heteroatoms. The molecule has 41 valence electrons. The average Bonchev–Trinajstić information content (AvgIpc) is 1.90. The second-order valence-electron chi connectivity index (χ2n) is 1.21. The van der Waals surface area contributed by atoms with E-state index >= 15 is 0 Å². The fourth-order valence-electron chi connectivity index (χ4n) is 0.363. The van der Waals surface area contributed by atoms with Gasteiger partial charge in [0.2, 0.25) is 0 Å². The van der Waals surface area contributed by atoms with Crippen molar-refractivity contribution in [2.75, 3.05) is 6.26 Å². The fourth-order valence-corrected chi connectivity index (χ4v) is 0.693. The molecule has 0 aliphatic rings. The van der Waals surface area contributed by atoms with E-state index in [-0.39, 0.29) is 0 Å². The number of nitrogens with zero attached hydrogens (tertiary/aromatic N) is 2. The van der Waals surface area contributed by atoms with Crippen LogP contribution in [0, 0.1) is 6.20 Å². The highest BCUT2D eigenvalue weighted by Crippen LogP contribution is 2.08. The summed E-state index contributed by atoms with van der Waals surface area (Å²) in [4.78, 5) is 1.03. The zero-order chi connectivity index (χ0) is 5.82. The van der Waals surface area contributed by atoms with Crippen LogP contribution in [0.2, 0.25) is 0 Å². The Morgan fingerprint density at radius 1 is 1.75 bits per heavy atom. The Bertz CT molecular complexity index is 152. The summed E-state index contributed by atoms with van der Waals surface area (Å²) in [5.41, 5.74) is 0. The molecule has 0 spiro atoms. The Labute approximate surface area is 52.3 Å². The molecule has 0 saturated carbocycles. The van der Waals surface area contributed by atoms with Gasteiger partial charge in [0.05, 0.1) is 6.20 Å². The predicted octanol–water partition coefficient (Wildman–Crippen LogP) is 0.999. The van der Waals surface area contributed by atoms with E-state index < -0.39 is 0 Å². The van der Waals surface area contributed by atoms with Crippen molar-refractivity contribution < 1.29 is 0 Å². The van der Waals surface area contributed by atoms with Crippen molar-refractivity contribution in [3.05, 3.63) is 18.5 Å². The van der Waals surface area contributed by atoms with E-state index in [2.05, 4.69) is 16.4 Å². The molecule has 0 saturated heterocycles. The quantitative estimate of drug-likeness (QED) is 0.524. The lowest BCUT2D eigenvalue weighted by Gasteiger charge is -1.86. The summed E-state index contributed by atoms with van der Waals surface area (Å²) in [5, 5.41) is 7.13. The third-order valence-corrected chi connectivity index (χ3v) is 1.40. The molecule has 1 aromatic heterocycles. The van der Waals surface area contributed by atoms with Crippen molar-refractivity contribution in [2.24, 2.45) is 0 Å². The summed E-state index contributed by atoms with van der Waals surface area (Å²) >= 11 is 1.61. The zero-order valence-corrected chi connectivity index (χ0v) is 5.27. The lowest BCUT2D eigenvalue weighted by Crippen LogP contribution is -1.77. The molecule has 2 nitrogen and oxygen atoms in total. The second kappa shape index (κ2) is 2.67. The van der Waals surface area contributed by atoms with E-state index in [0.29, 0.717) is 0 Å². The molecule has 0 amide bonds. The Morgan fingerprint density at radius 2 is 2.62 bits per heavy atom. The van der Waals surface area contributed by atoms with E-state index in [9.17, 15) is 0 Å². The second-order valence-corrected chi connectivity index (χ2v) is 2.06. The summed E-state index contributed by atoms with van der Waals surface area (Å²) in [5.74, 6) is 0. The molecule has 0 unspecified atom stereocenters. The maximum absolute atomic E-state index is 3.57. The van der Waals surface area contributed by atoms with Gasteiger partial charge in [-0.25, -0.2) is 0 Å². The number of rotatable bonds is 1. The van der Waals surface area contributed by atoms with E-state index in [1.54, 1.807) is 18.0 Å². The molecular weight excluding hydrogens is 120 g/mol. The van der Waals surface area contributed by atoms with Gasteiger partial charge >= 0.3 is 0 Å². The Hall–Kier alpha value is -0.570. The monoisotopic (exact) mass is 125 g/mol. The lowest BCUT2D eigenvalue weighted by molar-refractivity contribution is 0.987. The highest BCUT2D eigenvalue weighted by molar-refractivity contribution is 7.98. The van der Waals surface area contributed by atoms with Crippen molar-refractivity contribution in [3.8, 4) is 0 Å². The third-order valence-electron chi connectivity index (χ3n) is 0.730. The van der Waals surface area contributed by atoms with E-state index in [1.165, 1.54) is 0 Å². The lowest BCUT2D eigenvalue weighted by atomic mass is 10.6. The van der Waals surface area contributed by atoms with Gasteiger partial charge in [0.1, 0.15) is 6.20 Å². The molecular formula is C5H5N2S. The van der Waals surface area contributed by atoms with Crippen LogP contribution in [-0.4, -0.2) is 16.5 Å². The summed E-state index contributed by atoms with van der Waals surface area (Å²) in [6.07, 6.45) is 6.35. The minimum absolute atomic E-state index is 1.03. The normalized spacial score (nSPS) is 9.12. The van der Waals surface area contributed by atoms with Gasteiger partial charge in [-0.3, -0.25) is 0 Å². The SMILES string of the molecule is CSc1[c]nncc1. The molecule has 0 fully saturated rings. The summed E-state index contributed by atoms with van der Waals surface area (Å²) in [6.45, 7) is 0. The molecule has 1 heterocycles. The largest absolute Gasteiger partial charge is 0.158 e. The van der Waals surface area contributed by atoms with Gasteiger partial charge in [-0.05, 0) is 12.3 Å². The number of hydrogen-bond donors (Lipinski definition) is 0. The Morgan fingerprint density at radius 3 is 3.00 bits per heavy atom. The summed E-state index contributed by atoms with van der Waals surface area (Å²) in [6, 6.07) is 1.87. The smallest absolute Gasteiger partial charge is 0.128 e. The molecule has 1 aromatic rings. The van der Waals surface area contributed by atoms with Crippen LogP contribution in [0.15, 0.2) is 17.2 Å². The maximum atomic E-state index is 3.57. The first-order valence-corrected chi connectivity index (χ1v) is 3.39. The van der Waals surface area contributed by atoms with Crippen LogP contribution in [-0.2, 0) is 0 Å². The van der Waals surface area contributed by atoms with Gasteiger partial charge in [0.25, 0.3) is 0 Å². The topological polar surface area (TPSA) is 25.8 Å². The number of aromatic nitrogens is 2. The molecule has 0 aromatic carbocycles. The molecule has 0 atom stereocenters. The molecule has 1 radical (unpaired) electrons. The number of hydrogen-bond acceptors (Lipinski definition) is 3. The van der Waals surface area contributed by atoms with Crippen LogP contribution in [0.5, 0.6) is 0 Å². The Kier molecular flexibility index (Phi) is 1.86. The first kappa shape index (κ1) is 5.56. The van der Waals surface area contributed by atoms with Crippen molar-refractivity contribution in [3.63, 3.8) is 0 Å². The molecule has 0 bridgehead atoms. The van der Waals surface area contributed by atoms with Crippen molar-refractivity contribution in [2.45, 2.75) is 4.90 Å². The molecule has 0 N–H and O–H groups in total. The van der Waals surface area contributed by atoms with Crippen LogP contribution in [0.3, 0.4) is 0 Å². The third kappa shape index (κ3) is 1.20. The molecule has 8 heavy (non-hydrogen) atoms. The zero-order valence-electron chi connectivity index (χ0n) is 4.46. The average molecular weight is 125 g/mol. The fraction of sp³-hybridized carbons (Fsp3) is 0.200. The van der Waals surface area contributed by atoms with Gasteiger partial charge in [-0.15, -0.1) is 16.9 Å². The first-order valence-electron chi connectivity index (χ1n) is 2.17. The number of thioether (sulfide) groups is 1. The van der Waals surface area contributed by atoms with E-state index in [4.69, 9.17) is 0 Å². The summed E-state index contributed by atoms with van der Waals surface area (Å²) < 4.78 is 0. The highest BCUT2D eigenvalue weighted by Gasteiger charge is 1.84. The predicted molar refractivity (Wildman–Crippen MR) is 32.6 cm³/mol. The van der Waals surface area contributed by atoms with Crippen LogP contribution >= 0.6 is 11.8 Å². The van der Waals surface area contributed by atoms with Crippen LogP contribution in [0.25, 0.3) is 0 Å². The van der Waals surface area contributed by atoms with Crippen LogP contribution in [0.1, 0.15) is 0 Å². The minimum atomic E-state index is 1.03. The van der Waals surface area contributed by atoms with Gasteiger partial charge in [0, 0.05) is 4.90 Å². The summed E-state index contributed by atoms with van der Waals surface area (Å²) in [7, 11) is 0. The van der Waals surface area contributed by atoms with Crippen LogP contribution in [0.4, 0.5) is 0 Å². The van der Waals surface area contributed by atoms with Crippen molar-refractivity contribution in [1.82, 2.24) is 10.2 Å². The standard InChI is InChI=1S/C5H5N2S/c1-8-5-2-3-6-7-4-5/h2-3H,1H3. The van der Waals surface area contributed by atoms with Gasteiger partial charge in [0.15, 0.2) is 0 Å². The molecule has 1 rings (SSSR count). The van der Waals surface area contributed by atoms with Crippen LogP contribution < -0.4 is 0 Å². The van der Waals surface area contributed by atoms with E-state index in [1.807, 2.05) is 12.3 Å². The minimum Gasteiger partial charge on any atom is -0.158 e. The van der Waals surface area contributed by atoms with Gasteiger partial charge in [-0.2, -0.15) is 5.10 Å². The van der Waals surface area contributed by atoms with Gasteiger partial charge in [-0.1, -0.05) is 0 Å². The van der Waals surface area contributed by atoms with Crippen molar-refractivity contribution in [1.29, 1.82) is 0 Å². The van der Waals surface area contributed by atoms with Crippen molar-refractivity contribution >= 4 is 11.8 Å². The maximum Gasteiger partial charge on any atom is 0.128 e. The molecule has 0 aliphatic heterocycles.